The standard InChI is InChI=1S/C14H10BrF4NO/c15-9-1-2-10(16)8(13(9)19)6-21-14-11(17)3-7(5-20)4-12(14)18/h1-4H,5-6,20H2. The quantitative estimate of drug-likeness (QED) is 0.657. The Balaban J connectivity index is 2.27. The number of halogens is 5. The Morgan fingerprint density at radius 1 is 1.00 bits per heavy atom. The van der Waals surface area contributed by atoms with E-state index in [0.29, 0.717) is 0 Å². The van der Waals surface area contributed by atoms with Crippen LogP contribution in [0, 0.1) is 23.3 Å². The van der Waals surface area contributed by atoms with Gasteiger partial charge in [-0.15, -0.1) is 0 Å². The first kappa shape index (κ1) is 15.8. The molecule has 7 heteroatoms. The molecule has 2 N–H and O–H groups in total. The molecule has 0 heterocycles. The molecule has 21 heavy (non-hydrogen) atoms. The SMILES string of the molecule is NCc1cc(F)c(OCc2c(F)ccc(Br)c2F)c(F)c1. The summed E-state index contributed by atoms with van der Waals surface area (Å²) in [7, 11) is 0. The summed E-state index contributed by atoms with van der Waals surface area (Å²) in [6.07, 6.45) is 0. The zero-order valence-electron chi connectivity index (χ0n) is 10.6. The van der Waals surface area contributed by atoms with Crippen LogP contribution in [0.25, 0.3) is 0 Å². The molecule has 0 aliphatic carbocycles. The van der Waals surface area contributed by atoms with Gasteiger partial charge in [0.25, 0.3) is 0 Å². The minimum absolute atomic E-state index is 0.0296. The third-order valence-corrected chi connectivity index (χ3v) is 3.41. The molecule has 2 nitrogen and oxygen atoms in total. The summed E-state index contributed by atoms with van der Waals surface area (Å²) in [5.74, 6) is -4.41. The van der Waals surface area contributed by atoms with E-state index in [4.69, 9.17) is 10.5 Å². The van der Waals surface area contributed by atoms with Crippen LogP contribution in [0.4, 0.5) is 17.6 Å². The molecular formula is C14H10BrF4NO. The van der Waals surface area contributed by atoms with Crippen molar-refractivity contribution in [3.05, 3.63) is 63.1 Å². The fourth-order valence-electron chi connectivity index (χ4n) is 1.71. The average molecular weight is 364 g/mol. The Morgan fingerprint density at radius 2 is 1.62 bits per heavy atom. The maximum atomic E-state index is 13.7. The van der Waals surface area contributed by atoms with Crippen molar-refractivity contribution in [2.45, 2.75) is 13.2 Å². The highest BCUT2D eigenvalue weighted by atomic mass is 79.9. The first-order chi connectivity index (χ1) is 9.93. The lowest BCUT2D eigenvalue weighted by molar-refractivity contribution is 0.263. The number of hydrogen-bond donors (Lipinski definition) is 1. The molecule has 0 atom stereocenters. The van der Waals surface area contributed by atoms with E-state index >= 15 is 0 Å². The predicted molar refractivity (Wildman–Crippen MR) is 72.6 cm³/mol. The summed E-state index contributed by atoms with van der Waals surface area (Å²) in [6, 6.07) is 4.22. The Hall–Kier alpha value is -1.60. The predicted octanol–water partition coefficient (Wildman–Crippen LogP) is 4.04. The number of hydrogen-bond acceptors (Lipinski definition) is 2. The fourth-order valence-corrected chi connectivity index (χ4v) is 2.09. The van der Waals surface area contributed by atoms with E-state index in [-0.39, 0.29) is 16.6 Å². The van der Waals surface area contributed by atoms with Gasteiger partial charge >= 0.3 is 0 Å². The fraction of sp³-hybridized carbons (Fsp3) is 0.143. The summed E-state index contributed by atoms with van der Waals surface area (Å²) < 4.78 is 59.5. The van der Waals surface area contributed by atoms with E-state index in [0.717, 1.165) is 18.2 Å². The molecule has 0 fully saturated rings. The molecule has 0 saturated heterocycles. The third-order valence-electron chi connectivity index (χ3n) is 2.79. The minimum Gasteiger partial charge on any atom is -0.483 e. The van der Waals surface area contributed by atoms with Gasteiger partial charge in [0.15, 0.2) is 17.4 Å². The lowest BCUT2D eigenvalue weighted by Crippen LogP contribution is -2.06. The van der Waals surface area contributed by atoms with Crippen LogP contribution >= 0.6 is 15.9 Å². The van der Waals surface area contributed by atoms with E-state index in [1.54, 1.807) is 0 Å². The van der Waals surface area contributed by atoms with Crippen molar-refractivity contribution in [1.82, 2.24) is 0 Å². The molecule has 112 valence electrons. The number of nitrogens with two attached hydrogens (primary N) is 1. The molecule has 0 unspecified atom stereocenters. The van der Waals surface area contributed by atoms with Crippen molar-refractivity contribution in [1.29, 1.82) is 0 Å². The molecule has 0 bridgehead atoms. The van der Waals surface area contributed by atoms with E-state index in [1.807, 2.05) is 0 Å². The van der Waals surface area contributed by atoms with E-state index in [2.05, 4.69) is 15.9 Å². The highest BCUT2D eigenvalue weighted by Crippen LogP contribution is 2.27. The Bertz CT molecular complexity index is 655. The van der Waals surface area contributed by atoms with E-state index in [9.17, 15) is 17.6 Å². The normalized spacial score (nSPS) is 10.8. The van der Waals surface area contributed by atoms with Crippen LogP contribution in [0.5, 0.6) is 5.75 Å². The van der Waals surface area contributed by atoms with Gasteiger partial charge in [0, 0.05) is 6.54 Å². The van der Waals surface area contributed by atoms with Crippen molar-refractivity contribution in [2.75, 3.05) is 0 Å². The van der Waals surface area contributed by atoms with Crippen molar-refractivity contribution in [3.8, 4) is 5.75 Å². The Kier molecular flexibility index (Phi) is 4.84. The van der Waals surface area contributed by atoms with Crippen LogP contribution in [0.15, 0.2) is 28.7 Å². The number of ether oxygens (including phenoxy) is 1. The summed E-state index contributed by atoms with van der Waals surface area (Å²) in [6.45, 7) is -0.685. The van der Waals surface area contributed by atoms with Crippen LogP contribution in [0.3, 0.4) is 0 Å². The van der Waals surface area contributed by atoms with Gasteiger partial charge in [0.05, 0.1) is 10.0 Å². The number of rotatable bonds is 4. The van der Waals surface area contributed by atoms with Crippen molar-refractivity contribution < 1.29 is 22.3 Å². The van der Waals surface area contributed by atoms with Gasteiger partial charge in [-0.25, -0.2) is 17.6 Å². The maximum Gasteiger partial charge on any atom is 0.191 e. The van der Waals surface area contributed by atoms with Crippen LogP contribution in [0.2, 0.25) is 0 Å². The van der Waals surface area contributed by atoms with Gasteiger partial charge in [-0.3, -0.25) is 0 Å². The molecule has 0 aromatic heterocycles. The first-order valence-corrected chi connectivity index (χ1v) is 6.66. The second-order valence-electron chi connectivity index (χ2n) is 4.20. The molecule has 0 spiro atoms. The van der Waals surface area contributed by atoms with Crippen LogP contribution in [-0.4, -0.2) is 0 Å². The summed E-state index contributed by atoms with van der Waals surface area (Å²) in [5.41, 5.74) is 5.10. The second-order valence-corrected chi connectivity index (χ2v) is 5.06. The highest BCUT2D eigenvalue weighted by Gasteiger charge is 2.17. The molecule has 2 aromatic carbocycles. The Labute approximate surface area is 126 Å². The van der Waals surface area contributed by atoms with Crippen molar-refractivity contribution in [3.63, 3.8) is 0 Å². The highest BCUT2D eigenvalue weighted by molar-refractivity contribution is 9.10. The summed E-state index contributed by atoms with van der Waals surface area (Å²) in [4.78, 5) is 0. The topological polar surface area (TPSA) is 35.2 Å². The molecule has 2 rings (SSSR count). The molecule has 0 aliphatic rings. The smallest absolute Gasteiger partial charge is 0.191 e. The average Bonchev–Trinajstić information content (AvgIpc) is 2.45. The van der Waals surface area contributed by atoms with Gasteiger partial charge < -0.3 is 10.5 Å². The first-order valence-electron chi connectivity index (χ1n) is 5.87. The molecule has 0 aliphatic heterocycles. The zero-order valence-corrected chi connectivity index (χ0v) is 12.2. The molecular weight excluding hydrogens is 354 g/mol. The lowest BCUT2D eigenvalue weighted by Gasteiger charge is -2.11. The van der Waals surface area contributed by atoms with Crippen LogP contribution < -0.4 is 10.5 Å². The summed E-state index contributed by atoms with van der Waals surface area (Å²) in [5, 5.41) is 0. The van der Waals surface area contributed by atoms with Gasteiger partial charge in [-0.2, -0.15) is 0 Å². The molecule has 2 aromatic rings. The van der Waals surface area contributed by atoms with Crippen LogP contribution in [0.1, 0.15) is 11.1 Å². The number of benzene rings is 2. The minimum atomic E-state index is -0.980. The Morgan fingerprint density at radius 3 is 2.19 bits per heavy atom. The van der Waals surface area contributed by atoms with E-state index in [1.165, 1.54) is 6.07 Å². The van der Waals surface area contributed by atoms with E-state index < -0.39 is 41.2 Å². The molecule has 0 radical (unpaired) electrons. The lowest BCUT2D eigenvalue weighted by atomic mass is 10.2. The second kappa shape index (κ2) is 6.44. The van der Waals surface area contributed by atoms with Gasteiger partial charge in [-0.1, -0.05) is 0 Å². The molecule has 0 saturated carbocycles. The zero-order chi connectivity index (χ0) is 15.6. The largest absolute Gasteiger partial charge is 0.483 e. The monoisotopic (exact) mass is 363 g/mol. The van der Waals surface area contributed by atoms with Crippen molar-refractivity contribution in [2.24, 2.45) is 5.73 Å². The van der Waals surface area contributed by atoms with Crippen molar-refractivity contribution >= 4 is 15.9 Å². The van der Waals surface area contributed by atoms with Gasteiger partial charge in [0.1, 0.15) is 18.2 Å². The molecule has 0 amide bonds. The van der Waals surface area contributed by atoms with Gasteiger partial charge in [-0.05, 0) is 45.8 Å². The van der Waals surface area contributed by atoms with Gasteiger partial charge in [0.2, 0.25) is 0 Å². The summed E-state index contributed by atoms with van der Waals surface area (Å²) >= 11 is 2.89. The maximum absolute atomic E-state index is 13.7. The third kappa shape index (κ3) is 3.36. The van der Waals surface area contributed by atoms with Crippen LogP contribution in [-0.2, 0) is 13.2 Å².